The molecule has 0 spiro atoms. The Morgan fingerprint density at radius 1 is 0.791 bits per heavy atom. The Kier molecular flexibility index (Phi) is 26.7. The second-order valence-electron chi connectivity index (χ2n) is 12.9. The Balaban J connectivity index is 4.44. The number of carbonyl (C=O) groups is 1. The highest BCUT2D eigenvalue weighted by Crippen LogP contribution is 2.38. The molecular weight excluding hydrogens is 563 g/mol. The molecule has 9 heteroatoms. The minimum Gasteiger partial charge on any atom is -0.756 e. The number of rotatable bonds is 30. The Labute approximate surface area is 264 Å². The van der Waals surface area contributed by atoms with E-state index in [0.29, 0.717) is 17.4 Å². The van der Waals surface area contributed by atoms with E-state index in [0.717, 1.165) is 57.8 Å². The maximum atomic E-state index is 12.7. The van der Waals surface area contributed by atoms with Gasteiger partial charge < -0.3 is 28.8 Å². The van der Waals surface area contributed by atoms with Gasteiger partial charge in [0.15, 0.2) is 0 Å². The number of nitrogens with zero attached hydrogens (tertiary/aromatic N) is 1. The van der Waals surface area contributed by atoms with Crippen LogP contribution < -0.4 is 10.2 Å². The lowest BCUT2D eigenvalue weighted by Gasteiger charge is -2.29. The van der Waals surface area contributed by atoms with Crippen LogP contribution in [0, 0.1) is 0 Å². The number of carbonyl (C=O) groups excluding carboxylic acids is 1. The quantitative estimate of drug-likeness (QED) is 0.0366. The first-order valence-electron chi connectivity index (χ1n) is 17.2. The minimum absolute atomic E-state index is 0.00298. The van der Waals surface area contributed by atoms with Gasteiger partial charge in [-0.15, -0.1) is 0 Å². The van der Waals surface area contributed by atoms with E-state index in [2.05, 4.69) is 31.3 Å². The van der Waals surface area contributed by atoms with Crippen molar-refractivity contribution >= 4 is 13.7 Å². The summed E-state index contributed by atoms with van der Waals surface area (Å²) >= 11 is 0. The zero-order valence-electron chi connectivity index (χ0n) is 28.4. The van der Waals surface area contributed by atoms with Gasteiger partial charge in [-0.25, -0.2) is 0 Å². The number of nitrogens with one attached hydrogen (secondary N) is 1. The summed E-state index contributed by atoms with van der Waals surface area (Å²) in [5, 5.41) is 13.5. The summed E-state index contributed by atoms with van der Waals surface area (Å²) in [5.74, 6) is -0.215. The fraction of sp³-hybridized carbons (Fsp3) is 0.853. The van der Waals surface area contributed by atoms with E-state index < -0.39 is 20.0 Å². The van der Waals surface area contributed by atoms with Crippen LogP contribution in [0.3, 0.4) is 0 Å². The molecule has 1 amide bonds. The van der Waals surface area contributed by atoms with Crippen molar-refractivity contribution in [3.63, 3.8) is 0 Å². The van der Waals surface area contributed by atoms with Crippen LogP contribution >= 0.6 is 7.82 Å². The lowest BCUT2D eigenvalue weighted by atomic mass is 10.1. The van der Waals surface area contributed by atoms with Crippen molar-refractivity contribution in [3.8, 4) is 0 Å². The summed E-state index contributed by atoms with van der Waals surface area (Å²) in [7, 11) is 1.25. The maximum absolute atomic E-state index is 12.7. The number of unbranched alkanes of at least 4 members (excludes halogenated alkanes) is 15. The van der Waals surface area contributed by atoms with Crippen molar-refractivity contribution in [1.82, 2.24) is 5.32 Å². The average molecular weight is 631 g/mol. The molecule has 0 aliphatic carbocycles. The summed E-state index contributed by atoms with van der Waals surface area (Å²) < 4.78 is 22.9. The van der Waals surface area contributed by atoms with Crippen LogP contribution in [0.5, 0.6) is 0 Å². The topological polar surface area (TPSA) is 108 Å². The van der Waals surface area contributed by atoms with Crippen molar-refractivity contribution in [2.45, 2.75) is 148 Å². The van der Waals surface area contributed by atoms with Crippen LogP contribution in [0.15, 0.2) is 24.3 Å². The van der Waals surface area contributed by atoms with E-state index in [-0.39, 0.29) is 19.1 Å². The highest BCUT2D eigenvalue weighted by atomic mass is 31.2. The molecule has 0 fully saturated rings. The third kappa shape index (κ3) is 29.5. The number of phosphoric acid groups is 1. The standard InChI is InChI=1S/C34H67N2O6P/c1-6-8-10-12-14-15-16-17-18-19-20-21-22-24-26-28-34(38)35-32(33(37)27-25-23-13-11-9-7-2)31-42-43(39,40)41-30-29-36(3,4)5/h17-18,25,27,32-33,37H,6-16,19-24,26,28-31H2,1-5H3,(H-,35,38,39,40)/b18-17-,27-25+. The molecule has 43 heavy (non-hydrogen) atoms. The summed E-state index contributed by atoms with van der Waals surface area (Å²) in [5.41, 5.74) is 0. The van der Waals surface area contributed by atoms with Crippen LogP contribution in [0.2, 0.25) is 0 Å². The minimum atomic E-state index is -4.56. The lowest BCUT2D eigenvalue weighted by Crippen LogP contribution is -2.45. The SMILES string of the molecule is CCCCCC/C=C/C(O)C(COP(=O)([O-])OCC[N+](C)(C)C)NC(=O)CCCCCCC/C=C\CCCCCCCC. The van der Waals surface area contributed by atoms with Gasteiger partial charge in [0.2, 0.25) is 5.91 Å². The largest absolute Gasteiger partial charge is 0.756 e. The molecule has 0 aliphatic rings. The molecule has 3 unspecified atom stereocenters. The maximum Gasteiger partial charge on any atom is 0.268 e. The monoisotopic (exact) mass is 630 g/mol. The van der Waals surface area contributed by atoms with Gasteiger partial charge in [0.1, 0.15) is 13.2 Å². The number of aliphatic hydroxyl groups is 1. The summed E-state index contributed by atoms with van der Waals surface area (Å²) in [6, 6.07) is -0.883. The van der Waals surface area contributed by atoms with Crippen LogP contribution in [-0.4, -0.2) is 68.5 Å². The van der Waals surface area contributed by atoms with Crippen LogP contribution in [0.1, 0.15) is 136 Å². The number of hydrogen-bond acceptors (Lipinski definition) is 6. The van der Waals surface area contributed by atoms with Gasteiger partial charge in [-0.05, 0) is 44.9 Å². The fourth-order valence-electron chi connectivity index (χ4n) is 4.55. The molecule has 0 aromatic heterocycles. The van der Waals surface area contributed by atoms with Crippen LogP contribution in [0.25, 0.3) is 0 Å². The van der Waals surface area contributed by atoms with Crippen molar-refractivity contribution < 1.29 is 32.9 Å². The molecule has 0 rings (SSSR count). The molecule has 0 saturated carbocycles. The number of likely N-dealkylation sites (N-methyl/N-ethyl adjacent to an activating group) is 1. The summed E-state index contributed by atoms with van der Waals surface area (Å²) in [6.45, 7) is 4.51. The van der Waals surface area contributed by atoms with Gasteiger partial charge in [-0.1, -0.05) is 109 Å². The van der Waals surface area contributed by atoms with Crippen molar-refractivity contribution in [1.29, 1.82) is 0 Å². The first-order valence-corrected chi connectivity index (χ1v) is 18.7. The number of aliphatic hydroxyl groups excluding tert-OH is 1. The lowest BCUT2D eigenvalue weighted by molar-refractivity contribution is -0.870. The number of quaternary nitrogens is 1. The Morgan fingerprint density at radius 3 is 1.84 bits per heavy atom. The van der Waals surface area contributed by atoms with Gasteiger partial charge in [-0.3, -0.25) is 9.36 Å². The number of allylic oxidation sites excluding steroid dienone is 3. The molecule has 2 N–H and O–H groups in total. The molecule has 0 bridgehead atoms. The Morgan fingerprint density at radius 2 is 1.28 bits per heavy atom. The van der Waals surface area contributed by atoms with Crippen molar-refractivity contribution in [2.75, 3.05) is 40.9 Å². The van der Waals surface area contributed by atoms with E-state index in [1.54, 1.807) is 6.08 Å². The molecule has 0 aromatic carbocycles. The zero-order valence-corrected chi connectivity index (χ0v) is 29.3. The molecule has 0 saturated heterocycles. The van der Waals surface area contributed by atoms with Crippen LogP contribution in [-0.2, 0) is 18.4 Å². The molecule has 3 atom stereocenters. The van der Waals surface area contributed by atoms with E-state index >= 15 is 0 Å². The van der Waals surface area contributed by atoms with Crippen LogP contribution in [0.4, 0.5) is 0 Å². The summed E-state index contributed by atoms with van der Waals surface area (Å²) in [4.78, 5) is 24.9. The van der Waals surface area contributed by atoms with E-state index in [1.165, 1.54) is 57.8 Å². The van der Waals surface area contributed by atoms with Gasteiger partial charge in [0.05, 0.1) is 39.9 Å². The van der Waals surface area contributed by atoms with Gasteiger partial charge in [0.25, 0.3) is 7.82 Å². The average Bonchev–Trinajstić information content (AvgIpc) is 2.94. The molecule has 0 radical (unpaired) electrons. The third-order valence-electron chi connectivity index (χ3n) is 7.41. The zero-order chi connectivity index (χ0) is 32.2. The smallest absolute Gasteiger partial charge is 0.268 e. The van der Waals surface area contributed by atoms with E-state index in [9.17, 15) is 19.4 Å². The van der Waals surface area contributed by atoms with Gasteiger partial charge >= 0.3 is 0 Å². The normalized spacial score (nSPS) is 15.2. The second-order valence-corrected chi connectivity index (χ2v) is 14.3. The highest BCUT2D eigenvalue weighted by molar-refractivity contribution is 7.45. The molecule has 0 aliphatic heterocycles. The predicted molar refractivity (Wildman–Crippen MR) is 178 cm³/mol. The molecule has 0 aromatic rings. The van der Waals surface area contributed by atoms with E-state index in [4.69, 9.17) is 9.05 Å². The number of hydrogen-bond donors (Lipinski definition) is 2. The number of phosphoric ester groups is 1. The van der Waals surface area contributed by atoms with Gasteiger partial charge in [-0.2, -0.15) is 0 Å². The Bertz CT molecular complexity index is 768. The molecule has 254 valence electrons. The Hall–Kier alpha value is -1.02. The summed E-state index contributed by atoms with van der Waals surface area (Å²) in [6.07, 6.45) is 28.1. The molecule has 8 nitrogen and oxygen atoms in total. The first kappa shape index (κ1) is 42.0. The third-order valence-corrected chi connectivity index (χ3v) is 8.37. The predicted octanol–water partition coefficient (Wildman–Crippen LogP) is 7.60. The highest BCUT2D eigenvalue weighted by Gasteiger charge is 2.23. The first-order chi connectivity index (χ1) is 20.5. The molecule has 0 heterocycles. The van der Waals surface area contributed by atoms with Crippen molar-refractivity contribution in [3.05, 3.63) is 24.3 Å². The number of amides is 1. The van der Waals surface area contributed by atoms with Crippen molar-refractivity contribution in [2.24, 2.45) is 0 Å². The molecular formula is C34H67N2O6P. The van der Waals surface area contributed by atoms with Gasteiger partial charge in [0, 0.05) is 6.42 Å². The second kappa shape index (κ2) is 27.3. The fourth-order valence-corrected chi connectivity index (χ4v) is 5.28. The van der Waals surface area contributed by atoms with E-state index in [1.807, 2.05) is 27.2 Å².